The smallest absolute Gasteiger partial charge is 0.234 e. The molecule has 1 fully saturated rings. The SMILES string of the molecule is CCNC(=O)CN(CC)CC1(CCN)CC1. The standard InChI is InChI=1S/C12H25N3O/c1-3-14-11(16)9-15(4-2)10-12(5-6-12)7-8-13/h3-10,13H2,1-2H3,(H,14,16). The lowest BCUT2D eigenvalue weighted by molar-refractivity contribution is -0.122. The molecule has 1 amide bonds. The van der Waals surface area contributed by atoms with Gasteiger partial charge < -0.3 is 11.1 Å². The predicted molar refractivity (Wildman–Crippen MR) is 66.1 cm³/mol. The van der Waals surface area contributed by atoms with E-state index in [1.807, 2.05) is 6.92 Å². The van der Waals surface area contributed by atoms with Gasteiger partial charge in [0.05, 0.1) is 6.54 Å². The molecule has 94 valence electrons. The number of hydrogen-bond donors (Lipinski definition) is 2. The van der Waals surface area contributed by atoms with Gasteiger partial charge in [-0.2, -0.15) is 0 Å². The Hall–Kier alpha value is -0.610. The van der Waals surface area contributed by atoms with Gasteiger partial charge >= 0.3 is 0 Å². The second-order valence-corrected chi connectivity index (χ2v) is 4.80. The molecule has 16 heavy (non-hydrogen) atoms. The number of carbonyl (C=O) groups excluding carboxylic acids is 1. The number of hydrogen-bond acceptors (Lipinski definition) is 3. The molecule has 0 unspecified atom stereocenters. The van der Waals surface area contributed by atoms with Crippen molar-refractivity contribution in [2.45, 2.75) is 33.1 Å². The highest BCUT2D eigenvalue weighted by Crippen LogP contribution is 2.48. The molecule has 0 radical (unpaired) electrons. The third kappa shape index (κ3) is 4.10. The molecule has 4 nitrogen and oxygen atoms in total. The Balaban J connectivity index is 2.34. The Labute approximate surface area is 98.6 Å². The Morgan fingerprint density at radius 1 is 1.44 bits per heavy atom. The molecule has 1 aliphatic carbocycles. The van der Waals surface area contributed by atoms with Crippen molar-refractivity contribution in [1.82, 2.24) is 10.2 Å². The van der Waals surface area contributed by atoms with Crippen molar-refractivity contribution in [2.75, 3.05) is 32.7 Å². The minimum Gasteiger partial charge on any atom is -0.355 e. The topological polar surface area (TPSA) is 58.4 Å². The van der Waals surface area contributed by atoms with Crippen LogP contribution in [0.4, 0.5) is 0 Å². The van der Waals surface area contributed by atoms with E-state index in [4.69, 9.17) is 5.73 Å². The van der Waals surface area contributed by atoms with Crippen LogP contribution in [0.15, 0.2) is 0 Å². The predicted octanol–water partition coefficient (Wildman–Crippen LogP) is 0.573. The number of likely N-dealkylation sites (N-methyl/N-ethyl adjacent to an activating group) is 2. The van der Waals surface area contributed by atoms with E-state index in [2.05, 4.69) is 17.1 Å². The molecule has 0 bridgehead atoms. The molecule has 0 heterocycles. The number of carbonyl (C=O) groups is 1. The molecule has 1 rings (SSSR count). The number of amides is 1. The summed E-state index contributed by atoms with van der Waals surface area (Å²) >= 11 is 0. The van der Waals surface area contributed by atoms with Gasteiger partial charge in [0.2, 0.25) is 5.91 Å². The molecule has 0 aliphatic heterocycles. The summed E-state index contributed by atoms with van der Waals surface area (Å²) in [6.45, 7) is 8.02. The minimum absolute atomic E-state index is 0.132. The van der Waals surface area contributed by atoms with Crippen molar-refractivity contribution >= 4 is 5.91 Å². The van der Waals surface area contributed by atoms with Gasteiger partial charge in [0.1, 0.15) is 0 Å². The lowest BCUT2D eigenvalue weighted by Crippen LogP contribution is -2.40. The summed E-state index contributed by atoms with van der Waals surface area (Å²) in [5.41, 5.74) is 6.05. The van der Waals surface area contributed by atoms with Crippen molar-refractivity contribution in [3.8, 4) is 0 Å². The van der Waals surface area contributed by atoms with E-state index in [1.165, 1.54) is 12.8 Å². The summed E-state index contributed by atoms with van der Waals surface area (Å²) in [4.78, 5) is 13.7. The zero-order valence-corrected chi connectivity index (χ0v) is 10.6. The summed E-state index contributed by atoms with van der Waals surface area (Å²) < 4.78 is 0. The van der Waals surface area contributed by atoms with Gasteiger partial charge in [0.15, 0.2) is 0 Å². The number of nitrogens with two attached hydrogens (primary N) is 1. The van der Waals surface area contributed by atoms with Gasteiger partial charge in [-0.1, -0.05) is 6.92 Å². The maximum atomic E-state index is 11.5. The average Bonchev–Trinajstić information content (AvgIpc) is 2.98. The van der Waals surface area contributed by atoms with E-state index in [1.54, 1.807) is 0 Å². The van der Waals surface area contributed by atoms with Crippen LogP contribution >= 0.6 is 0 Å². The van der Waals surface area contributed by atoms with Gasteiger partial charge in [-0.15, -0.1) is 0 Å². The highest BCUT2D eigenvalue weighted by Gasteiger charge is 2.42. The minimum atomic E-state index is 0.132. The van der Waals surface area contributed by atoms with Crippen molar-refractivity contribution < 1.29 is 4.79 Å². The fraction of sp³-hybridized carbons (Fsp3) is 0.917. The van der Waals surface area contributed by atoms with Crippen molar-refractivity contribution in [3.05, 3.63) is 0 Å². The van der Waals surface area contributed by atoms with E-state index in [0.29, 0.717) is 18.5 Å². The molecular formula is C12H25N3O. The third-order valence-electron chi connectivity index (χ3n) is 3.38. The van der Waals surface area contributed by atoms with Gasteiger partial charge in [-0.25, -0.2) is 0 Å². The Bertz CT molecular complexity index is 226. The Morgan fingerprint density at radius 2 is 2.12 bits per heavy atom. The number of nitrogens with zero attached hydrogens (tertiary/aromatic N) is 1. The highest BCUT2D eigenvalue weighted by atomic mass is 16.2. The molecule has 3 N–H and O–H groups in total. The van der Waals surface area contributed by atoms with Crippen LogP contribution in [0.1, 0.15) is 33.1 Å². The van der Waals surface area contributed by atoms with Crippen LogP contribution in [0.5, 0.6) is 0 Å². The molecule has 0 aromatic rings. The second kappa shape index (κ2) is 6.21. The maximum Gasteiger partial charge on any atom is 0.234 e. The summed E-state index contributed by atoms with van der Waals surface area (Å²) in [6, 6.07) is 0. The lowest BCUT2D eigenvalue weighted by atomic mass is 10.0. The van der Waals surface area contributed by atoms with Gasteiger partial charge in [0.25, 0.3) is 0 Å². The largest absolute Gasteiger partial charge is 0.355 e. The molecule has 1 saturated carbocycles. The number of rotatable bonds is 8. The van der Waals surface area contributed by atoms with Crippen LogP contribution in [0.25, 0.3) is 0 Å². The fourth-order valence-electron chi connectivity index (χ4n) is 2.18. The zero-order valence-electron chi connectivity index (χ0n) is 10.6. The van der Waals surface area contributed by atoms with Gasteiger partial charge in [-0.05, 0) is 44.7 Å². The third-order valence-corrected chi connectivity index (χ3v) is 3.38. The first-order chi connectivity index (χ1) is 7.65. The quantitative estimate of drug-likeness (QED) is 0.637. The average molecular weight is 227 g/mol. The molecule has 0 spiro atoms. The van der Waals surface area contributed by atoms with E-state index in [0.717, 1.165) is 26.1 Å². The highest BCUT2D eigenvalue weighted by molar-refractivity contribution is 5.77. The molecule has 0 saturated heterocycles. The summed E-state index contributed by atoms with van der Waals surface area (Å²) in [6.07, 6.45) is 3.64. The number of nitrogens with one attached hydrogen (secondary N) is 1. The van der Waals surface area contributed by atoms with Crippen molar-refractivity contribution in [1.29, 1.82) is 0 Å². The van der Waals surface area contributed by atoms with Crippen LogP contribution < -0.4 is 11.1 Å². The second-order valence-electron chi connectivity index (χ2n) is 4.80. The van der Waals surface area contributed by atoms with Crippen LogP contribution in [0.2, 0.25) is 0 Å². The van der Waals surface area contributed by atoms with E-state index in [-0.39, 0.29) is 5.91 Å². The van der Waals surface area contributed by atoms with E-state index in [9.17, 15) is 4.79 Å². The monoisotopic (exact) mass is 227 g/mol. The van der Waals surface area contributed by atoms with E-state index < -0.39 is 0 Å². The first-order valence-corrected chi connectivity index (χ1v) is 6.35. The van der Waals surface area contributed by atoms with E-state index >= 15 is 0 Å². The normalized spacial score (nSPS) is 17.5. The van der Waals surface area contributed by atoms with Crippen LogP contribution in [0.3, 0.4) is 0 Å². The fourth-order valence-corrected chi connectivity index (χ4v) is 2.18. The van der Waals surface area contributed by atoms with Crippen LogP contribution in [0, 0.1) is 5.41 Å². The molecule has 0 atom stereocenters. The van der Waals surface area contributed by atoms with Crippen molar-refractivity contribution in [2.24, 2.45) is 11.1 Å². The van der Waals surface area contributed by atoms with Gasteiger partial charge in [0, 0.05) is 13.1 Å². The molecule has 0 aromatic heterocycles. The molecule has 4 heteroatoms. The first-order valence-electron chi connectivity index (χ1n) is 6.35. The molecular weight excluding hydrogens is 202 g/mol. The van der Waals surface area contributed by atoms with Crippen molar-refractivity contribution in [3.63, 3.8) is 0 Å². The summed E-state index contributed by atoms with van der Waals surface area (Å²) in [5, 5.41) is 2.84. The first kappa shape index (κ1) is 13.5. The molecule has 1 aliphatic rings. The molecule has 0 aromatic carbocycles. The summed E-state index contributed by atoms with van der Waals surface area (Å²) in [5.74, 6) is 0.132. The van der Waals surface area contributed by atoms with Gasteiger partial charge in [-0.3, -0.25) is 9.69 Å². The lowest BCUT2D eigenvalue weighted by Gasteiger charge is -2.25. The van der Waals surface area contributed by atoms with Crippen LogP contribution in [-0.4, -0.2) is 43.5 Å². The van der Waals surface area contributed by atoms with Crippen LogP contribution in [-0.2, 0) is 4.79 Å². The zero-order chi connectivity index (χ0) is 12.0. The Morgan fingerprint density at radius 3 is 2.56 bits per heavy atom. The summed E-state index contributed by atoms with van der Waals surface area (Å²) in [7, 11) is 0. The Kier molecular flexibility index (Phi) is 5.22. The maximum absolute atomic E-state index is 11.5.